The van der Waals surface area contributed by atoms with Crippen molar-refractivity contribution in [2.45, 2.75) is 44.7 Å². The highest BCUT2D eigenvalue weighted by atomic mass is 16.5. The van der Waals surface area contributed by atoms with Crippen molar-refractivity contribution in [1.82, 2.24) is 15.0 Å². The van der Waals surface area contributed by atoms with Crippen molar-refractivity contribution < 1.29 is 9.32 Å². The van der Waals surface area contributed by atoms with Crippen LogP contribution in [0.15, 0.2) is 34.9 Å². The molecule has 0 amide bonds. The number of hydrogen-bond donors (Lipinski definition) is 0. The minimum atomic E-state index is -0.581. The number of ketones is 1. The standard InChI is InChI=1S/C17H21N3O2/c1-13-18-16(22-19-13)12-20(2)17(11-7-6-10-15(17)21)14-8-4-3-5-9-14/h3-5,8-9H,6-7,10-12H2,1-2H3. The summed E-state index contributed by atoms with van der Waals surface area (Å²) in [6.07, 6.45) is 3.48. The molecule has 0 bridgehead atoms. The molecule has 1 fully saturated rings. The predicted molar refractivity (Wildman–Crippen MR) is 82.1 cm³/mol. The fourth-order valence-corrected chi connectivity index (χ4v) is 3.40. The Morgan fingerprint density at radius 1 is 1.27 bits per heavy atom. The van der Waals surface area contributed by atoms with Crippen LogP contribution in [-0.4, -0.2) is 27.9 Å². The molecule has 116 valence electrons. The molecule has 1 unspecified atom stereocenters. The van der Waals surface area contributed by atoms with Gasteiger partial charge in [-0.3, -0.25) is 9.69 Å². The molecular weight excluding hydrogens is 278 g/mol. The maximum absolute atomic E-state index is 12.8. The van der Waals surface area contributed by atoms with Gasteiger partial charge in [-0.1, -0.05) is 41.9 Å². The number of benzene rings is 1. The minimum absolute atomic E-state index is 0.281. The third-order valence-electron chi connectivity index (χ3n) is 4.50. The average molecular weight is 299 g/mol. The fourth-order valence-electron chi connectivity index (χ4n) is 3.40. The van der Waals surface area contributed by atoms with Crippen molar-refractivity contribution in [3.8, 4) is 0 Å². The summed E-state index contributed by atoms with van der Waals surface area (Å²) in [4.78, 5) is 19.2. The summed E-state index contributed by atoms with van der Waals surface area (Å²) < 4.78 is 5.23. The van der Waals surface area contributed by atoms with Crippen molar-refractivity contribution in [3.63, 3.8) is 0 Å². The maximum Gasteiger partial charge on any atom is 0.240 e. The maximum atomic E-state index is 12.8. The summed E-state index contributed by atoms with van der Waals surface area (Å²) in [5.41, 5.74) is 0.473. The van der Waals surface area contributed by atoms with Crippen LogP contribution in [0.2, 0.25) is 0 Å². The van der Waals surface area contributed by atoms with E-state index in [4.69, 9.17) is 4.52 Å². The molecule has 22 heavy (non-hydrogen) atoms. The first-order valence-electron chi connectivity index (χ1n) is 7.72. The van der Waals surface area contributed by atoms with Crippen LogP contribution in [0.5, 0.6) is 0 Å². The highest BCUT2D eigenvalue weighted by Crippen LogP contribution is 2.39. The molecule has 5 nitrogen and oxygen atoms in total. The van der Waals surface area contributed by atoms with E-state index in [1.807, 2.05) is 37.4 Å². The van der Waals surface area contributed by atoms with Gasteiger partial charge in [0.2, 0.25) is 5.89 Å². The smallest absolute Gasteiger partial charge is 0.240 e. The number of carbonyl (C=O) groups is 1. The van der Waals surface area contributed by atoms with Crippen LogP contribution in [0.25, 0.3) is 0 Å². The monoisotopic (exact) mass is 299 g/mol. The van der Waals surface area contributed by atoms with Gasteiger partial charge in [-0.25, -0.2) is 0 Å². The van der Waals surface area contributed by atoms with Crippen LogP contribution in [0.3, 0.4) is 0 Å². The van der Waals surface area contributed by atoms with Gasteiger partial charge in [0, 0.05) is 6.42 Å². The molecule has 0 radical (unpaired) electrons. The van der Waals surface area contributed by atoms with E-state index < -0.39 is 5.54 Å². The molecule has 0 saturated heterocycles. The zero-order valence-electron chi connectivity index (χ0n) is 13.1. The number of aryl methyl sites for hydroxylation is 1. The van der Waals surface area contributed by atoms with Gasteiger partial charge >= 0.3 is 0 Å². The summed E-state index contributed by atoms with van der Waals surface area (Å²) >= 11 is 0. The Hall–Kier alpha value is -2.01. The lowest BCUT2D eigenvalue weighted by Gasteiger charge is -2.43. The van der Waals surface area contributed by atoms with Crippen LogP contribution in [0.4, 0.5) is 0 Å². The van der Waals surface area contributed by atoms with E-state index >= 15 is 0 Å². The molecule has 0 spiro atoms. The van der Waals surface area contributed by atoms with Gasteiger partial charge in [0.05, 0.1) is 6.54 Å². The lowest BCUT2D eigenvalue weighted by atomic mass is 9.74. The molecule has 1 aromatic carbocycles. The normalized spacial score (nSPS) is 22.2. The first kappa shape index (κ1) is 14.9. The third-order valence-corrected chi connectivity index (χ3v) is 4.50. The SMILES string of the molecule is Cc1noc(CN(C)C2(c3ccccc3)CCCCC2=O)n1. The molecule has 2 aromatic rings. The number of aromatic nitrogens is 2. The lowest BCUT2D eigenvalue weighted by molar-refractivity contribution is -0.135. The molecule has 1 atom stereocenters. The molecule has 3 rings (SSSR count). The molecule has 1 heterocycles. The molecule has 1 aliphatic carbocycles. The zero-order chi connectivity index (χ0) is 15.6. The third kappa shape index (κ3) is 2.57. The van der Waals surface area contributed by atoms with Crippen molar-refractivity contribution in [2.24, 2.45) is 0 Å². The van der Waals surface area contributed by atoms with Gasteiger partial charge in [0.1, 0.15) is 5.54 Å². The van der Waals surface area contributed by atoms with Crippen LogP contribution >= 0.6 is 0 Å². The summed E-state index contributed by atoms with van der Waals surface area (Å²) in [6, 6.07) is 10.0. The topological polar surface area (TPSA) is 59.2 Å². The predicted octanol–water partition coefficient (Wildman–Crippen LogP) is 2.85. The highest BCUT2D eigenvalue weighted by molar-refractivity contribution is 5.90. The molecule has 5 heteroatoms. The van der Waals surface area contributed by atoms with Crippen molar-refractivity contribution in [1.29, 1.82) is 0 Å². The highest BCUT2D eigenvalue weighted by Gasteiger charge is 2.45. The second-order valence-corrected chi connectivity index (χ2v) is 5.95. The van der Waals surface area contributed by atoms with Gasteiger partial charge in [-0.15, -0.1) is 0 Å². The van der Waals surface area contributed by atoms with Gasteiger partial charge in [0.15, 0.2) is 11.6 Å². The van der Waals surface area contributed by atoms with Crippen molar-refractivity contribution in [3.05, 3.63) is 47.6 Å². The fraction of sp³-hybridized carbons (Fsp3) is 0.471. The van der Waals surface area contributed by atoms with E-state index in [-0.39, 0.29) is 5.78 Å². The number of rotatable bonds is 4. The average Bonchev–Trinajstić information content (AvgIpc) is 2.94. The largest absolute Gasteiger partial charge is 0.338 e. The number of nitrogens with zero attached hydrogens (tertiary/aromatic N) is 3. The Morgan fingerprint density at radius 3 is 2.68 bits per heavy atom. The second kappa shape index (κ2) is 6.01. The Balaban J connectivity index is 1.96. The van der Waals surface area contributed by atoms with Crippen LogP contribution in [-0.2, 0) is 16.9 Å². The van der Waals surface area contributed by atoms with E-state index in [2.05, 4.69) is 15.0 Å². The first-order valence-corrected chi connectivity index (χ1v) is 7.72. The summed E-state index contributed by atoms with van der Waals surface area (Å²) in [6.45, 7) is 2.27. The van der Waals surface area contributed by atoms with E-state index in [0.29, 0.717) is 24.7 Å². The molecule has 1 saturated carbocycles. The van der Waals surface area contributed by atoms with Crippen molar-refractivity contribution in [2.75, 3.05) is 7.05 Å². The Labute approximate surface area is 130 Å². The molecule has 0 aliphatic heterocycles. The first-order chi connectivity index (χ1) is 10.6. The van der Waals surface area contributed by atoms with Crippen molar-refractivity contribution >= 4 is 5.78 Å². The van der Waals surface area contributed by atoms with Crippen LogP contribution in [0.1, 0.15) is 43.0 Å². The number of carbonyl (C=O) groups excluding carboxylic acids is 1. The summed E-state index contributed by atoms with van der Waals surface area (Å²) in [5, 5.41) is 3.83. The number of Topliss-reactive ketones (excluding diaryl/α,β-unsaturated/α-hetero) is 1. The minimum Gasteiger partial charge on any atom is -0.338 e. The summed E-state index contributed by atoms with van der Waals surface area (Å²) in [5.74, 6) is 1.45. The van der Waals surface area contributed by atoms with Gasteiger partial charge in [-0.2, -0.15) is 4.98 Å². The quantitative estimate of drug-likeness (QED) is 0.869. The Kier molecular flexibility index (Phi) is 4.07. The van der Waals surface area contributed by atoms with E-state index in [0.717, 1.165) is 24.8 Å². The Bertz CT molecular complexity index is 653. The van der Waals surface area contributed by atoms with Gasteiger partial charge in [0.25, 0.3) is 0 Å². The van der Waals surface area contributed by atoms with E-state index in [1.165, 1.54) is 0 Å². The number of hydrogen-bond acceptors (Lipinski definition) is 5. The van der Waals surface area contributed by atoms with Gasteiger partial charge < -0.3 is 4.52 Å². The van der Waals surface area contributed by atoms with E-state index in [1.54, 1.807) is 6.92 Å². The second-order valence-electron chi connectivity index (χ2n) is 5.95. The molecule has 0 N–H and O–H groups in total. The number of likely N-dealkylation sites (N-methyl/N-ethyl adjacent to an activating group) is 1. The summed E-state index contributed by atoms with van der Waals surface area (Å²) in [7, 11) is 1.97. The zero-order valence-corrected chi connectivity index (χ0v) is 13.1. The van der Waals surface area contributed by atoms with Crippen LogP contribution in [0, 0.1) is 6.92 Å². The molecular formula is C17H21N3O2. The molecule has 1 aromatic heterocycles. The lowest BCUT2D eigenvalue weighted by Crippen LogP contribution is -2.51. The molecule has 1 aliphatic rings. The van der Waals surface area contributed by atoms with E-state index in [9.17, 15) is 4.79 Å². The van der Waals surface area contributed by atoms with Gasteiger partial charge in [-0.05, 0) is 32.4 Å². The Morgan fingerprint density at radius 2 is 2.05 bits per heavy atom. The van der Waals surface area contributed by atoms with Crippen LogP contribution < -0.4 is 0 Å².